The van der Waals surface area contributed by atoms with Crippen LogP contribution in [0.4, 0.5) is 0 Å². The molecule has 2 unspecified atom stereocenters. The third kappa shape index (κ3) is 3.66. The number of ether oxygens (including phenoxy) is 1. The van der Waals surface area contributed by atoms with Crippen LogP contribution in [-0.4, -0.2) is 25.2 Å². The molecular weight excluding hydrogens is 178 g/mol. The average Bonchev–Trinajstić information content (AvgIpc) is 2.18. The fraction of sp³-hybridized carbons (Fsp3) is 0.909. The van der Waals surface area contributed by atoms with Crippen molar-refractivity contribution in [2.45, 2.75) is 45.6 Å². The molecule has 3 heteroatoms. The molecule has 0 aromatic carbocycles. The molecule has 0 radical (unpaired) electrons. The Kier molecular flexibility index (Phi) is 4.94. The summed E-state index contributed by atoms with van der Waals surface area (Å²) in [4.78, 5) is 11.5. The lowest BCUT2D eigenvalue weighted by atomic mass is 9.94. The molecule has 2 atom stereocenters. The summed E-state index contributed by atoms with van der Waals surface area (Å²) in [7, 11) is 0. The first-order chi connectivity index (χ1) is 6.74. The number of carbonyl (C=O) groups is 1. The second-order valence-corrected chi connectivity index (χ2v) is 4.16. The highest BCUT2D eigenvalue weighted by atomic mass is 16.5. The van der Waals surface area contributed by atoms with E-state index in [0.717, 1.165) is 25.8 Å². The lowest BCUT2D eigenvalue weighted by Gasteiger charge is -2.26. The number of rotatable bonds is 4. The summed E-state index contributed by atoms with van der Waals surface area (Å²) in [6.07, 6.45) is 4.12. The van der Waals surface area contributed by atoms with E-state index in [1.165, 1.54) is 6.42 Å². The van der Waals surface area contributed by atoms with E-state index >= 15 is 0 Å². The van der Waals surface area contributed by atoms with Crippen LogP contribution in [0.5, 0.6) is 0 Å². The highest BCUT2D eigenvalue weighted by Crippen LogP contribution is 2.15. The molecule has 1 saturated heterocycles. The Morgan fingerprint density at radius 3 is 3.00 bits per heavy atom. The number of nitrogens with one attached hydrogen (secondary N) is 1. The summed E-state index contributed by atoms with van der Waals surface area (Å²) in [5.74, 6) is 0.574. The molecule has 3 nitrogen and oxygen atoms in total. The van der Waals surface area contributed by atoms with Crippen molar-refractivity contribution in [1.29, 1.82) is 0 Å². The molecule has 1 aliphatic rings. The number of esters is 1. The van der Waals surface area contributed by atoms with E-state index in [4.69, 9.17) is 4.74 Å². The summed E-state index contributed by atoms with van der Waals surface area (Å²) in [5, 5.41) is 3.20. The molecule has 0 amide bonds. The fourth-order valence-corrected chi connectivity index (χ4v) is 1.70. The first kappa shape index (κ1) is 11.5. The van der Waals surface area contributed by atoms with E-state index in [9.17, 15) is 4.79 Å². The van der Waals surface area contributed by atoms with Crippen LogP contribution in [0.25, 0.3) is 0 Å². The van der Waals surface area contributed by atoms with Crippen molar-refractivity contribution in [3.8, 4) is 0 Å². The van der Waals surface area contributed by atoms with Crippen LogP contribution in [-0.2, 0) is 9.53 Å². The minimum atomic E-state index is -0.0648. The third-order valence-corrected chi connectivity index (χ3v) is 2.69. The van der Waals surface area contributed by atoms with Crippen LogP contribution in [0.1, 0.15) is 39.5 Å². The minimum absolute atomic E-state index is 0.0596. The standard InChI is InChI=1S/C11H21NO2/c1-3-4-7-14-11(13)10-8-9(2)5-6-12-10/h9-10,12H,3-8H2,1-2H3. The van der Waals surface area contributed by atoms with Crippen LogP contribution < -0.4 is 5.32 Å². The van der Waals surface area contributed by atoms with Crippen molar-refractivity contribution in [3.63, 3.8) is 0 Å². The highest BCUT2D eigenvalue weighted by molar-refractivity contribution is 5.75. The summed E-state index contributed by atoms with van der Waals surface area (Å²) in [6.45, 7) is 5.79. The van der Waals surface area contributed by atoms with Gasteiger partial charge in [-0.05, 0) is 31.7 Å². The van der Waals surface area contributed by atoms with E-state index in [-0.39, 0.29) is 12.0 Å². The van der Waals surface area contributed by atoms with E-state index < -0.39 is 0 Å². The monoisotopic (exact) mass is 199 g/mol. The molecule has 14 heavy (non-hydrogen) atoms. The molecule has 1 rings (SSSR count). The number of hydrogen-bond donors (Lipinski definition) is 1. The molecule has 1 N–H and O–H groups in total. The third-order valence-electron chi connectivity index (χ3n) is 2.69. The van der Waals surface area contributed by atoms with E-state index in [1.807, 2.05) is 0 Å². The number of unbranched alkanes of at least 4 members (excludes halogenated alkanes) is 1. The first-order valence-electron chi connectivity index (χ1n) is 5.64. The Hall–Kier alpha value is -0.570. The van der Waals surface area contributed by atoms with Crippen molar-refractivity contribution >= 4 is 5.97 Å². The van der Waals surface area contributed by atoms with Crippen molar-refractivity contribution in [3.05, 3.63) is 0 Å². The van der Waals surface area contributed by atoms with E-state index in [0.29, 0.717) is 12.5 Å². The topological polar surface area (TPSA) is 38.3 Å². The van der Waals surface area contributed by atoms with Crippen LogP contribution in [0.15, 0.2) is 0 Å². The first-order valence-corrected chi connectivity index (χ1v) is 5.64. The Balaban J connectivity index is 2.22. The molecule has 0 spiro atoms. The highest BCUT2D eigenvalue weighted by Gasteiger charge is 2.25. The molecule has 0 bridgehead atoms. The molecule has 82 valence electrons. The van der Waals surface area contributed by atoms with Gasteiger partial charge in [0.05, 0.1) is 6.61 Å². The Morgan fingerprint density at radius 2 is 2.36 bits per heavy atom. The Labute approximate surface area is 86.2 Å². The van der Waals surface area contributed by atoms with Gasteiger partial charge in [0, 0.05) is 0 Å². The zero-order valence-corrected chi connectivity index (χ0v) is 9.21. The van der Waals surface area contributed by atoms with Gasteiger partial charge in [0.2, 0.25) is 0 Å². The van der Waals surface area contributed by atoms with Gasteiger partial charge in [0.15, 0.2) is 0 Å². The van der Waals surface area contributed by atoms with E-state index in [1.54, 1.807) is 0 Å². The van der Waals surface area contributed by atoms with E-state index in [2.05, 4.69) is 19.2 Å². The number of hydrogen-bond acceptors (Lipinski definition) is 3. The number of piperidine rings is 1. The molecule has 0 aromatic heterocycles. The Bertz CT molecular complexity index is 182. The Morgan fingerprint density at radius 1 is 1.57 bits per heavy atom. The van der Waals surface area contributed by atoms with Gasteiger partial charge in [-0.3, -0.25) is 4.79 Å². The van der Waals surface area contributed by atoms with Gasteiger partial charge in [-0.2, -0.15) is 0 Å². The van der Waals surface area contributed by atoms with Crippen LogP contribution in [0.2, 0.25) is 0 Å². The van der Waals surface area contributed by atoms with Gasteiger partial charge < -0.3 is 10.1 Å². The van der Waals surface area contributed by atoms with Crippen molar-refractivity contribution in [1.82, 2.24) is 5.32 Å². The molecule has 0 aliphatic carbocycles. The maximum atomic E-state index is 11.5. The smallest absolute Gasteiger partial charge is 0.323 e. The molecule has 1 heterocycles. The zero-order valence-electron chi connectivity index (χ0n) is 9.21. The predicted octanol–water partition coefficient (Wildman–Crippen LogP) is 1.72. The predicted molar refractivity (Wildman–Crippen MR) is 56.1 cm³/mol. The van der Waals surface area contributed by atoms with Crippen LogP contribution in [0.3, 0.4) is 0 Å². The summed E-state index contributed by atoms with van der Waals surface area (Å²) in [6, 6.07) is -0.0596. The largest absolute Gasteiger partial charge is 0.465 e. The maximum Gasteiger partial charge on any atom is 0.323 e. The summed E-state index contributed by atoms with van der Waals surface area (Å²) < 4.78 is 5.17. The average molecular weight is 199 g/mol. The molecule has 0 saturated carbocycles. The molecule has 0 aromatic rings. The normalized spacial score (nSPS) is 27.3. The summed E-state index contributed by atoms with van der Waals surface area (Å²) >= 11 is 0. The zero-order chi connectivity index (χ0) is 10.4. The quantitative estimate of drug-likeness (QED) is 0.553. The SMILES string of the molecule is CCCCOC(=O)C1CC(C)CCN1. The second-order valence-electron chi connectivity index (χ2n) is 4.16. The van der Waals surface area contributed by atoms with Crippen molar-refractivity contribution in [2.75, 3.05) is 13.2 Å². The van der Waals surface area contributed by atoms with Crippen molar-refractivity contribution in [2.24, 2.45) is 5.92 Å². The fourth-order valence-electron chi connectivity index (χ4n) is 1.70. The van der Waals surface area contributed by atoms with Crippen LogP contribution in [0, 0.1) is 5.92 Å². The van der Waals surface area contributed by atoms with Gasteiger partial charge in [-0.1, -0.05) is 20.3 Å². The minimum Gasteiger partial charge on any atom is -0.465 e. The lowest BCUT2D eigenvalue weighted by molar-refractivity contribution is -0.147. The maximum absolute atomic E-state index is 11.5. The van der Waals surface area contributed by atoms with Gasteiger partial charge in [0.1, 0.15) is 6.04 Å². The second kappa shape index (κ2) is 6.02. The van der Waals surface area contributed by atoms with Gasteiger partial charge in [0.25, 0.3) is 0 Å². The molecule has 1 aliphatic heterocycles. The van der Waals surface area contributed by atoms with Crippen molar-refractivity contribution < 1.29 is 9.53 Å². The molecule has 1 fully saturated rings. The van der Waals surface area contributed by atoms with Gasteiger partial charge >= 0.3 is 5.97 Å². The van der Waals surface area contributed by atoms with Crippen LogP contribution >= 0.6 is 0 Å². The van der Waals surface area contributed by atoms with Gasteiger partial charge in [-0.25, -0.2) is 0 Å². The lowest BCUT2D eigenvalue weighted by Crippen LogP contribution is -2.43. The van der Waals surface area contributed by atoms with Gasteiger partial charge in [-0.15, -0.1) is 0 Å². The summed E-state index contributed by atoms with van der Waals surface area (Å²) in [5.41, 5.74) is 0. The number of carbonyl (C=O) groups excluding carboxylic acids is 1. The molecular formula is C11H21NO2.